The Balaban J connectivity index is 2.87. The van der Waals surface area contributed by atoms with Gasteiger partial charge in [-0.3, -0.25) is 4.79 Å². The zero-order valence-corrected chi connectivity index (χ0v) is 7.26. The maximum absolute atomic E-state index is 11.3. The molecule has 0 aliphatic rings. The molecular weight excluding hydrogens is 156 g/mol. The lowest BCUT2D eigenvalue weighted by molar-refractivity contribution is 0.0956. The largest absolute Gasteiger partial charge is 0.438 e. The van der Waals surface area contributed by atoms with Crippen molar-refractivity contribution in [3.05, 3.63) is 17.3 Å². The highest BCUT2D eigenvalue weighted by Crippen LogP contribution is 2.10. The van der Waals surface area contributed by atoms with Gasteiger partial charge in [0.1, 0.15) is 0 Å². The minimum Gasteiger partial charge on any atom is -0.438 e. The Morgan fingerprint density at radius 1 is 1.58 bits per heavy atom. The molecule has 0 aliphatic carbocycles. The number of hydrogen-bond acceptors (Lipinski definition) is 4. The van der Waals surface area contributed by atoms with Gasteiger partial charge in [0.2, 0.25) is 5.78 Å². The highest BCUT2D eigenvalue weighted by Gasteiger charge is 2.14. The number of aryl methyl sites for hydroxylation is 2. The second-order valence-corrected chi connectivity index (χ2v) is 2.61. The molecule has 0 saturated heterocycles. The molecule has 0 atom stereocenters. The molecule has 4 nitrogen and oxygen atoms in total. The first-order chi connectivity index (χ1) is 5.65. The molecule has 4 heteroatoms. The maximum Gasteiger partial charge on any atom is 0.201 e. The summed E-state index contributed by atoms with van der Waals surface area (Å²) in [4.78, 5) is 15.3. The second-order valence-electron chi connectivity index (χ2n) is 2.61. The lowest BCUT2D eigenvalue weighted by atomic mass is 10.2. The van der Waals surface area contributed by atoms with Crippen LogP contribution in [0, 0.1) is 13.8 Å². The number of nitrogens with two attached hydrogens (primary N) is 1. The summed E-state index contributed by atoms with van der Waals surface area (Å²) in [7, 11) is 0. The van der Waals surface area contributed by atoms with Gasteiger partial charge in [-0.05, 0) is 13.5 Å². The lowest BCUT2D eigenvalue weighted by Gasteiger charge is -1.93. The van der Waals surface area contributed by atoms with Gasteiger partial charge >= 0.3 is 0 Å². The Kier molecular flexibility index (Phi) is 2.60. The SMILES string of the molecule is Cc1nc(C)c(C(=O)CCN)o1. The van der Waals surface area contributed by atoms with E-state index in [1.165, 1.54) is 0 Å². The van der Waals surface area contributed by atoms with Gasteiger partial charge in [0.15, 0.2) is 11.7 Å². The van der Waals surface area contributed by atoms with Crippen LogP contribution in [0.3, 0.4) is 0 Å². The molecule has 0 unspecified atom stereocenters. The van der Waals surface area contributed by atoms with E-state index in [-0.39, 0.29) is 5.78 Å². The summed E-state index contributed by atoms with van der Waals surface area (Å²) in [5.74, 6) is 0.793. The van der Waals surface area contributed by atoms with E-state index in [1.807, 2.05) is 0 Å². The van der Waals surface area contributed by atoms with Gasteiger partial charge in [-0.25, -0.2) is 4.98 Å². The van der Waals surface area contributed by atoms with Crippen LogP contribution in [0.15, 0.2) is 4.42 Å². The van der Waals surface area contributed by atoms with E-state index < -0.39 is 0 Å². The van der Waals surface area contributed by atoms with Crippen LogP contribution in [0.4, 0.5) is 0 Å². The molecule has 0 fully saturated rings. The van der Waals surface area contributed by atoms with Gasteiger partial charge in [-0.2, -0.15) is 0 Å². The first-order valence-corrected chi connectivity index (χ1v) is 3.82. The molecule has 0 saturated carbocycles. The Morgan fingerprint density at radius 2 is 2.25 bits per heavy atom. The van der Waals surface area contributed by atoms with E-state index in [0.29, 0.717) is 30.3 Å². The Hall–Kier alpha value is -1.16. The van der Waals surface area contributed by atoms with Crippen molar-refractivity contribution in [2.24, 2.45) is 5.73 Å². The standard InChI is InChI=1S/C8H12N2O2/c1-5-8(7(11)3-4-9)12-6(2)10-5/h3-4,9H2,1-2H3. The molecule has 12 heavy (non-hydrogen) atoms. The number of aromatic nitrogens is 1. The van der Waals surface area contributed by atoms with Crippen LogP contribution < -0.4 is 5.73 Å². The number of oxazole rings is 1. The smallest absolute Gasteiger partial charge is 0.201 e. The average Bonchev–Trinajstić information content (AvgIpc) is 2.30. The molecule has 0 aliphatic heterocycles. The van der Waals surface area contributed by atoms with Crippen molar-refractivity contribution < 1.29 is 9.21 Å². The predicted octanol–water partition coefficient (Wildman–Crippen LogP) is 0.823. The van der Waals surface area contributed by atoms with Gasteiger partial charge in [-0.15, -0.1) is 0 Å². The van der Waals surface area contributed by atoms with Crippen molar-refractivity contribution >= 4 is 5.78 Å². The molecule has 1 heterocycles. The van der Waals surface area contributed by atoms with E-state index in [9.17, 15) is 4.79 Å². The molecule has 1 aromatic rings. The number of carbonyl (C=O) groups is 1. The molecule has 0 aromatic carbocycles. The van der Waals surface area contributed by atoms with Crippen LogP contribution >= 0.6 is 0 Å². The fourth-order valence-electron chi connectivity index (χ4n) is 1.03. The molecule has 1 aromatic heterocycles. The monoisotopic (exact) mass is 168 g/mol. The van der Waals surface area contributed by atoms with Gasteiger partial charge in [0.05, 0.1) is 5.69 Å². The van der Waals surface area contributed by atoms with Crippen molar-refractivity contribution in [3.63, 3.8) is 0 Å². The third-order valence-electron chi connectivity index (χ3n) is 1.53. The minimum atomic E-state index is -0.0735. The quantitative estimate of drug-likeness (QED) is 0.678. The fraction of sp³-hybridized carbons (Fsp3) is 0.500. The highest BCUT2D eigenvalue weighted by atomic mass is 16.4. The first-order valence-electron chi connectivity index (χ1n) is 3.82. The van der Waals surface area contributed by atoms with Crippen LogP contribution in [-0.2, 0) is 0 Å². The summed E-state index contributed by atoms with van der Waals surface area (Å²) in [6.07, 6.45) is 0.315. The van der Waals surface area contributed by atoms with Gasteiger partial charge < -0.3 is 10.2 Å². The van der Waals surface area contributed by atoms with Crippen LogP contribution in [0.5, 0.6) is 0 Å². The summed E-state index contributed by atoms with van der Waals surface area (Å²) in [6.45, 7) is 3.81. The second kappa shape index (κ2) is 3.49. The summed E-state index contributed by atoms with van der Waals surface area (Å²) in [6, 6.07) is 0. The Bertz CT molecular complexity index is 291. The zero-order chi connectivity index (χ0) is 9.14. The number of ketones is 1. The molecule has 0 spiro atoms. The van der Waals surface area contributed by atoms with Crippen molar-refractivity contribution in [3.8, 4) is 0 Å². The molecule has 66 valence electrons. The summed E-state index contributed by atoms with van der Waals surface area (Å²) >= 11 is 0. The fourth-order valence-corrected chi connectivity index (χ4v) is 1.03. The van der Waals surface area contributed by atoms with E-state index in [2.05, 4.69) is 4.98 Å². The van der Waals surface area contributed by atoms with Crippen molar-refractivity contribution in [2.75, 3.05) is 6.54 Å². The van der Waals surface area contributed by atoms with Gasteiger partial charge in [0, 0.05) is 13.3 Å². The molecule has 1 rings (SSSR count). The summed E-state index contributed by atoms with van der Waals surface area (Å²) < 4.78 is 5.11. The predicted molar refractivity (Wildman–Crippen MR) is 44.0 cm³/mol. The van der Waals surface area contributed by atoms with E-state index in [4.69, 9.17) is 10.2 Å². The maximum atomic E-state index is 11.3. The lowest BCUT2D eigenvalue weighted by Crippen LogP contribution is -2.08. The zero-order valence-electron chi connectivity index (χ0n) is 7.26. The van der Waals surface area contributed by atoms with Crippen molar-refractivity contribution in [1.29, 1.82) is 0 Å². The van der Waals surface area contributed by atoms with Crippen molar-refractivity contribution in [2.45, 2.75) is 20.3 Å². The molecule has 0 bridgehead atoms. The average molecular weight is 168 g/mol. The summed E-state index contributed by atoms with van der Waals surface area (Å²) in [5, 5.41) is 0. The van der Waals surface area contributed by atoms with Gasteiger partial charge in [-0.1, -0.05) is 0 Å². The van der Waals surface area contributed by atoms with Crippen LogP contribution in [-0.4, -0.2) is 17.3 Å². The van der Waals surface area contributed by atoms with Crippen LogP contribution in [0.2, 0.25) is 0 Å². The highest BCUT2D eigenvalue weighted by molar-refractivity contribution is 5.94. The third-order valence-corrected chi connectivity index (χ3v) is 1.53. The van der Waals surface area contributed by atoms with Crippen LogP contribution in [0.1, 0.15) is 28.6 Å². The minimum absolute atomic E-state index is 0.0735. The molecular formula is C8H12N2O2. The van der Waals surface area contributed by atoms with Crippen LogP contribution in [0.25, 0.3) is 0 Å². The molecule has 0 radical (unpaired) electrons. The number of rotatable bonds is 3. The van der Waals surface area contributed by atoms with E-state index in [1.54, 1.807) is 13.8 Å². The molecule has 0 amide bonds. The number of hydrogen-bond donors (Lipinski definition) is 1. The third kappa shape index (κ3) is 1.71. The number of carbonyl (C=O) groups excluding carboxylic acids is 1. The van der Waals surface area contributed by atoms with Crippen molar-refractivity contribution in [1.82, 2.24) is 4.98 Å². The Labute approximate surface area is 70.8 Å². The van der Waals surface area contributed by atoms with Gasteiger partial charge in [0.25, 0.3) is 0 Å². The topological polar surface area (TPSA) is 69.1 Å². The normalized spacial score (nSPS) is 10.2. The number of nitrogens with zero attached hydrogens (tertiary/aromatic N) is 1. The number of Topliss-reactive ketones (excluding diaryl/α,β-unsaturated/α-hetero) is 1. The van der Waals surface area contributed by atoms with E-state index >= 15 is 0 Å². The first kappa shape index (κ1) is 8.93. The molecule has 2 N–H and O–H groups in total. The summed E-state index contributed by atoms with van der Waals surface area (Å²) in [5.41, 5.74) is 5.89. The Morgan fingerprint density at radius 3 is 2.67 bits per heavy atom. The van der Waals surface area contributed by atoms with E-state index in [0.717, 1.165) is 0 Å².